The van der Waals surface area contributed by atoms with Gasteiger partial charge in [0.2, 0.25) is 5.91 Å². The highest BCUT2D eigenvalue weighted by atomic mass is 79.9. The molecule has 0 saturated heterocycles. The summed E-state index contributed by atoms with van der Waals surface area (Å²) in [4.78, 5) is 29.3. The van der Waals surface area contributed by atoms with Gasteiger partial charge in [0, 0.05) is 39.5 Å². The second-order valence-corrected chi connectivity index (χ2v) is 10.1. The average Bonchev–Trinajstić information content (AvgIpc) is 3.37. The third-order valence-electron chi connectivity index (χ3n) is 6.70. The minimum absolute atomic E-state index is 0.133. The zero-order valence-corrected chi connectivity index (χ0v) is 22.6. The van der Waals surface area contributed by atoms with E-state index in [1.54, 1.807) is 7.11 Å². The molecule has 0 fully saturated rings. The lowest BCUT2D eigenvalue weighted by molar-refractivity contribution is -0.141. The fourth-order valence-corrected chi connectivity index (χ4v) is 5.28. The molecule has 1 aromatic heterocycles. The normalized spacial score (nSPS) is 15.0. The number of ether oxygens (including phenoxy) is 1. The van der Waals surface area contributed by atoms with Crippen LogP contribution in [0.25, 0.3) is 22.0 Å². The standard InChI is InChI=1S/C30H26BrN3O4/c1-18-29(30(20-6-4-3-5-7-20)23-16-21(31)10-13-24(23)32-18)25-17-26(19-8-11-22(38-2)12-9-19)34(33-25)27(35)14-15-28(36)37/h3-13,16,26H,14-15,17H2,1-2H3,(H,36,37)/t26-/m1/s1. The molecular weight excluding hydrogens is 546 g/mol. The fraction of sp³-hybridized carbons (Fsp3) is 0.200. The van der Waals surface area contributed by atoms with Crippen molar-refractivity contribution in [1.82, 2.24) is 9.99 Å². The van der Waals surface area contributed by atoms with Gasteiger partial charge < -0.3 is 9.84 Å². The monoisotopic (exact) mass is 571 g/mol. The van der Waals surface area contributed by atoms with Gasteiger partial charge in [0.1, 0.15) is 5.75 Å². The molecule has 0 spiro atoms. The van der Waals surface area contributed by atoms with Crippen molar-refractivity contribution < 1.29 is 19.4 Å². The van der Waals surface area contributed by atoms with Gasteiger partial charge >= 0.3 is 5.97 Å². The minimum atomic E-state index is -1.02. The highest BCUT2D eigenvalue weighted by molar-refractivity contribution is 9.10. The smallest absolute Gasteiger partial charge is 0.303 e. The molecule has 2 heterocycles. The number of rotatable bonds is 7. The molecule has 1 aliphatic heterocycles. The molecule has 0 bridgehead atoms. The Kier molecular flexibility index (Phi) is 7.24. The number of fused-ring (bicyclic) bond motifs is 1. The summed E-state index contributed by atoms with van der Waals surface area (Å²) in [5.74, 6) is -0.643. The van der Waals surface area contributed by atoms with E-state index < -0.39 is 5.97 Å². The van der Waals surface area contributed by atoms with Gasteiger partial charge in [-0.1, -0.05) is 58.4 Å². The maximum atomic E-state index is 13.2. The van der Waals surface area contributed by atoms with Crippen molar-refractivity contribution in [1.29, 1.82) is 0 Å². The number of aryl methyl sites for hydroxylation is 1. The Morgan fingerprint density at radius 2 is 1.76 bits per heavy atom. The van der Waals surface area contributed by atoms with Crippen LogP contribution in [0, 0.1) is 6.92 Å². The zero-order chi connectivity index (χ0) is 26.8. The lowest BCUT2D eigenvalue weighted by atomic mass is 9.89. The van der Waals surface area contributed by atoms with Gasteiger partial charge in [0.05, 0.1) is 30.8 Å². The zero-order valence-electron chi connectivity index (χ0n) is 21.0. The molecule has 3 aromatic carbocycles. The molecule has 0 saturated carbocycles. The highest BCUT2D eigenvalue weighted by Crippen LogP contribution is 2.40. The van der Waals surface area contributed by atoms with Crippen LogP contribution in [0.15, 0.2) is 82.4 Å². The molecule has 0 aliphatic carbocycles. The summed E-state index contributed by atoms with van der Waals surface area (Å²) in [6.07, 6.45) is 0.0780. The van der Waals surface area contributed by atoms with Gasteiger partial charge in [-0.15, -0.1) is 0 Å². The maximum absolute atomic E-state index is 13.2. The Bertz CT molecular complexity index is 1550. The number of hydrogen-bond acceptors (Lipinski definition) is 5. The Morgan fingerprint density at radius 1 is 1.03 bits per heavy atom. The molecule has 0 unspecified atom stereocenters. The molecule has 5 rings (SSSR count). The first kappa shape index (κ1) is 25.6. The number of carbonyl (C=O) groups is 2. The summed E-state index contributed by atoms with van der Waals surface area (Å²) in [5.41, 5.74) is 6.22. The van der Waals surface area contributed by atoms with Gasteiger partial charge in [-0.25, -0.2) is 5.01 Å². The van der Waals surface area contributed by atoms with E-state index in [0.717, 1.165) is 49.0 Å². The predicted molar refractivity (Wildman–Crippen MR) is 150 cm³/mol. The molecule has 1 amide bonds. The number of aromatic nitrogens is 1. The van der Waals surface area contributed by atoms with Crippen LogP contribution < -0.4 is 4.74 Å². The second kappa shape index (κ2) is 10.8. The first-order chi connectivity index (χ1) is 18.4. The third-order valence-corrected chi connectivity index (χ3v) is 7.19. The lowest BCUT2D eigenvalue weighted by Gasteiger charge is -2.22. The van der Waals surface area contributed by atoms with Crippen molar-refractivity contribution in [2.24, 2.45) is 5.10 Å². The largest absolute Gasteiger partial charge is 0.497 e. The quantitative estimate of drug-likeness (QED) is 0.272. The first-order valence-corrected chi connectivity index (χ1v) is 13.1. The Morgan fingerprint density at radius 3 is 2.45 bits per heavy atom. The topological polar surface area (TPSA) is 92.1 Å². The van der Waals surface area contributed by atoms with Crippen LogP contribution in [0.2, 0.25) is 0 Å². The van der Waals surface area contributed by atoms with Crippen molar-refractivity contribution in [3.8, 4) is 16.9 Å². The summed E-state index contributed by atoms with van der Waals surface area (Å²) in [7, 11) is 1.60. The van der Waals surface area contributed by atoms with Crippen LogP contribution in [0.4, 0.5) is 0 Å². The highest BCUT2D eigenvalue weighted by Gasteiger charge is 2.35. The molecule has 4 aromatic rings. The number of benzene rings is 3. The number of carboxylic acid groups (broad SMARTS) is 1. The van der Waals surface area contributed by atoms with E-state index in [1.165, 1.54) is 5.01 Å². The van der Waals surface area contributed by atoms with Gasteiger partial charge in [0.15, 0.2) is 0 Å². The summed E-state index contributed by atoms with van der Waals surface area (Å²) in [6, 6.07) is 23.3. The van der Waals surface area contributed by atoms with E-state index in [9.17, 15) is 9.59 Å². The van der Waals surface area contributed by atoms with E-state index in [1.807, 2.05) is 61.5 Å². The molecule has 1 atom stereocenters. The molecule has 1 N–H and O–H groups in total. The molecule has 192 valence electrons. The molecular formula is C30H26BrN3O4. The van der Waals surface area contributed by atoms with Gasteiger partial charge in [-0.3, -0.25) is 14.6 Å². The summed E-state index contributed by atoms with van der Waals surface area (Å²) < 4.78 is 6.24. The fourth-order valence-electron chi connectivity index (χ4n) is 4.92. The van der Waals surface area contributed by atoms with Crippen LogP contribution >= 0.6 is 15.9 Å². The minimum Gasteiger partial charge on any atom is -0.497 e. The van der Waals surface area contributed by atoms with Crippen LogP contribution in [-0.4, -0.2) is 39.8 Å². The van der Waals surface area contributed by atoms with Crippen molar-refractivity contribution >= 4 is 44.4 Å². The average molecular weight is 572 g/mol. The Balaban J connectivity index is 1.67. The second-order valence-electron chi connectivity index (χ2n) is 9.15. The number of carbonyl (C=O) groups excluding carboxylic acids is 1. The summed E-state index contributed by atoms with van der Waals surface area (Å²) in [6.45, 7) is 1.96. The van der Waals surface area contributed by atoms with Crippen molar-refractivity contribution in [3.05, 3.63) is 94.1 Å². The van der Waals surface area contributed by atoms with E-state index in [2.05, 4.69) is 34.1 Å². The number of hydrogen-bond donors (Lipinski definition) is 1. The summed E-state index contributed by atoms with van der Waals surface area (Å²) in [5, 5.41) is 16.4. The van der Waals surface area contributed by atoms with Crippen LogP contribution in [-0.2, 0) is 9.59 Å². The predicted octanol–water partition coefficient (Wildman–Crippen LogP) is 6.52. The van der Waals surface area contributed by atoms with Crippen LogP contribution in [0.1, 0.15) is 42.1 Å². The van der Waals surface area contributed by atoms with Crippen LogP contribution in [0.3, 0.4) is 0 Å². The number of pyridine rings is 1. The number of nitrogens with zero attached hydrogens (tertiary/aromatic N) is 3. The first-order valence-electron chi connectivity index (χ1n) is 12.3. The number of halogens is 1. The maximum Gasteiger partial charge on any atom is 0.303 e. The molecule has 1 aliphatic rings. The number of aliphatic carboxylic acids is 1. The van der Waals surface area contributed by atoms with E-state index >= 15 is 0 Å². The lowest BCUT2D eigenvalue weighted by Crippen LogP contribution is -2.27. The van der Waals surface area contributed by atoms with E-state index in [-0.39, 0.29) is 24.8 Å². The van der Waals surface area contributed by atoms with Crippen molar-refractivity contribution in [2.45, 2.75) is 32.2 Å². The number of methoxy groups -OCH3 is 1. The van der Waals surface area contributed by atoms with Crippen LogP contribution in [0.5, 0.6) is 5.75 Å². The third kappa shape index (κ3) is 5.04. The molecule has 7 nitrogen and oxygen atoms in total. The number of carboxylic acids is 1. The Labute approximate surface area is 228 Å². The SMILES string of the molecule is COc1ccc([C@H]2CC(c3c(C)nc4ccc(Br)cc4c3-c3ccccc3)=NN2C(=O)CCC(=O)O)cc1. The number of hydrazone groups is 1. The van der Waals surface area contributed by atoms with Gasteiger partial charge in [0.25, 0.3) is 0 Å². The Hall–Kier alpha value is -4.04. The van der Waals surface area contributed by atoms with E-state index in [4.69, 9.17) is 19.9 Å². The molecule has 8 heteroatoms. The van der Waals surface area contributed by atoms with Crippen molar-refractivity contribution in [3.63, 3.8) is 0 Å². The van der Waals surface area contributed by atoms with E-state index in [0.29, 0.717) is 12.2 Å². The van der Waals surface area contributed by atoms with Gasteiger partial charge in [-0.05, 0) is 48.4 Å². The number of amides is 1. The van der Waals surface area contributed by atoms with Gasteiger partial charge in [-0.2, -0.15) is 5.10 Å². The molecule has 38 heavy (non-hydrogen) atoms. The molecule has 0 radical (unpaired) electrons. The summed E-state index contributed by atoms with van der Waals surface area (Å²) >= 11 is 3.61. The van der Waals surface area contributed by atoms with Crippen molar-refractivity contribution in [2.75, 3.05) is 7.11 Å².